The normalized spacial score (nSPS) is 13.9. The van der Waals surface area contributed by atoms with Gasteiger partial charge in [0, 0.05) is 31.5 Å². The van der Waals surface area contributed by atoms with Gasteiger partial charge in [-0.25, -0.2) is 0 Å². The summed E-state index contributed by atoms with van der Waals surface area (Å²) in [4.78, 5) is 28.1. The molecule has 0 saturated carbocycles. The maximum atomic E-state index is 12.5. The molecule has 5 heteroatoms. The van der Waals surface area contributed by atoms with Crippen LogP contribution in [0.25, 0.3) is 0 Å². The summed E-state index contributed by atoms with van der Waals surface area (Å²) in [5, 5.41) is 0. The van der Waals surface area contributed by atoms with Crippen molar-refractivity contribution in [3.8, 4) is 0 Å². The predicted molar refractivity (Wildman–Crippen MR) is 113 cm³/mol. The first kappa shape index (κ1) is 26.1. The molecule has 0 aliphatic carbocycles. The summed E-state index contributed by atoms with van der Waals surface area (Å²) in [6.45, 7) is 16.9. The van der Waals surface area contributed by atoms with E-state index in [1.165, 1.54) is 0 Å². The van der Waals surface area contributed by atoms with E-state index < -0.39 is 5.60 Å². The summed E-state index contributed by atoms with van der Waals surface area (Å²) >= 11 is 0. The van der Waals surface area contributed by atoms with Crippen molar-refractivity contribution in [1.29, 1.82) is 0 Å². The van der Waals surface area contributed by atoms with E-state index in [1.807, 2.05) is 25.8 Å². The van der Waals surface area contributed by atoms with Crippen LogP contribution in [0.3, 0.4) is 0 Å². The lowest BCUT2D eigenvalue weighted by Gasteiger charge is -2.38. The first-order valence-electron chi connectivity index (χ1n) is 10.4. The molecule has 0 radical (unpaired) electrons. The molecule has 0 rings (SSSR count). The zero-order valence-electron chi connectivity index (χ0n) is 19.3. The van der Waals surface area contributed by atoms with Gasteiger partial charge in [-0.15, -0.1) is 0 Å². The van der Waals surface area contributed by atoms with Crippen LogP contribution in [0.1, 0.15) is 74.1 Å². The number of nitrogens with zero attached hydrogens (tertiary/aromatic N) is 2. The quantitative estimate of drug-likeness (QED) is 0.425. The van der Waals surface area contributed by atoms with Gasteiger partial charge in [0.2, 0.25) is 5.91 Å². The third-order valence-electron chi connectivity index (χ3n) is 5.72. The second-order valence-corrected chi connectivity index (χ2v) is 9.34. The molecule has 0 aromatic rings. The van der Waals surface area contributed by atoms with Gasteiger partial charge in [-0.3, -0.25) is 4.79 Å². The first-order valence-corrected chi connectivity index (χ1v) is 10.4. The SMILES string of the molecule is CCN(C)CCCC(=O)N(C)C(C)(C)CCOC(C)(C)C(C=O)CC(C)C. The molecule has 1 atom stereocenters. The van der Waals surface area contributed by atoms with Crippen LogP contribution in [0.4, 0.5) is 0 Å². The van der Waals surface area contributed by atoms with Crippen LogP contribution in [0.15, 0.2) is 0 Å². The Morgan fingerprint density at radius 3 is 2.22 bits per heavy atom. The first-order chi connectivity index (χ1) is 12.4. The minimum absolute atomic E-state index is 0.115. The van der Waals surface area contributed by atoms with Crippen molar-refractivity contribution in [1.82, 2.24) is 9.80 Å². The van der Waals surface area contributed by atoms with Crippen molar-refractivity contribution in [3.63, 3.8) is 0 Å². The molecule has 1 unspecified atom stereocenters. The summed E-state index contributed by atoms with van der Waals surface area (Å²) in [7, 11) is 3.95. The predicted octanol–water partition coefficient (Wildman–Crippen LogP) is 4.00. The van der Waals surface area contributed by atoms with E-state index >= 15 is 0 Å². The van der Waals surface area contributed by atoms with Gasteiger partial charge in [0.05, 0.1) is 5.60 Å². The molecule has 0 spiro atoms. The highest BCUT2D eigenvalue weighted by atomic mass is 16.5. The molecular weight excluding hydrogens is 340 g/mol. The minimum atomic E-state index is -0.491. The Hall–Kier alpha value is -0.940. The third kappa shape index (κ3) is 9.70. The van der Waals surface area contributed by atoms with Gasteiger partial charge in [0.15, 0.2) is 0 Å². The molecular formula is C22H44N2O3. The van der Waals surface area contributed by atoms with Gasteiger partial charge < -0.3 is 19.3 Å². The Labute approximate surface area is 167 Å². The second-order valence-electron chi connectivity index (χ2n) is 9.34. The van der Waals surface area contributed by atoms with Gasteiger partial charge in [0.1, 0.15) is 6.29 Å². The Balaban J connectivity index is 4.55. The lowest BCUT2D eigenvalue weighted by Crippen LogP contribution is -2.46. The van der Waals surface area contributed by atoms with E-state index in [0.29, 0.717) is 18.9 Å². The maximum Gasteiger partial charge on any atom is 0.222 e. The highest BCUT2D eigenvalue weighted by Gasteiger charge is 2.33. The van der Waals surface area contributed by atoms with Gasteiger partial charge in [-0.1, -0.05) is 20.8 Å². The highest BCUT2D eigenvalue weighted by molar-refractivity contribution is 5.76. The zero-order valence-corrected chi connectivity index (χ0v) is 19.3. The van der Waals surface area contributed by atoms with Gasteiger partial charge in [-0.05, 0) is 73.0 Å². The van der Waals surface area contributed by atoms with Crippen molar-refractivity contribution in [2.75, 3.05) is 33.8 Å². The number of carbonyl (C=O) groups is 2. The Kier molecular flexibility index (Phi) is 11.4. The fourth-order valence-electron chi connectivity index (χ4n) is 3.01. The number of hydrogen-bond donors (Lipinski definition) is 0. The molecule has 0 aromatic carbocycles. The molecule has 160 valence electrons. The number of hydrogen-bond acceptors (Lipinski definition) is 4. The number of aldehydes is 1. The van der Waals surface area contributed by atoms with Gasteiger partial charge in [0.25, 0.3) is 0 Å². The van der Waals surface area contributed by atoms with Crippen LogP contribution in [0, 0.1) is 11.8 Å². The fourth-order valence-corrected chi connectivity index (χ4v) is 3.01. The Bertz CT molecular complexity index is 447. The summed E-state index contributed by atoms with van der Waals surface area (Å²) in [6.07, 6.45) is 4.03. The van der Waals surface area contributed by atoms with E-state index in [4.69, 9.17) is 4.74 Å². The minimum Gasteiger partial charge on any atom is -0.375 e. The van der Waals surface area contributed by atoms with Gasteiger partial charge in [-0.2, -0.15) is 0 Å². The van der Waals surface area contributed by atoms with Gasteiger partial charge >= 0.3 is 0 Å². The highest BCUT2D eigenvalue weighted by Crippen LogP contribution is 2.27. The molecule has 0 saturated heterocycles. The van der Waals surface area contributed by atoms with Crippen molar-refractivity contribution in [2.45, 2.75) is 85.3 Å². The maximum absolute atomic E-state index is 12.5. The summed E-state index contributed by atoms with van der Waals surface area (Å²) in [5.74, 6) is 0.514. The molecule has 5 nitrogen and oxygen atoms in total. The number of rotatable bonds is 14. The Morgan fingerprint density at radius 2 is 1.74 bits per heavy atom. The van der Waals surface area contributed by atoms with Crippen LogP contribution in [0.5, 0.6) is 0 Å². The van der Waals surface area contributed by atoms with E-state index in [0.717, 1.165) is 38.6 Å². The van der Waals surface area contributed by atoms with Crippen molar-refractivity contribution >= 4 is 12.2 Å². The lowest BCUT2D eigenvalue weighted by molar-refractivity contribution is -0.136. The van der Waals surface area contributed by atoms with E-state index in [2.05, 4.69) is 46.6 Å². The Morgan fingerprint density at radius 1 is 1.15 bits per heavy atom. The molecule has 0 aromatic heterocycles. The average Bonchev–Trinajstić information content (AvgIpc) is 2.57. The smallest absolute Gasteiger partial charge is 0.222 e. The molecule has 0 bridgehead atoms. The molecule has 1 amide bonds. The molecule has 27 heavy (non-hydrogen) atoms. The monoisotopic (exact) mass is 384 g/mol. The summed E-state index contributed by atoms with van der Waals surface area (Å²) in [5.41, 5.74) is -0.770. The molecule has 0 fully saturated rings. The number of amides is 1. The molecule has 0 aliphatic rings. The lowest BCUT2D eigenvalue weighted by atomic mass is 9.85. The van der Waals surface area contributed by atoms with Crippen LogP contribution < -0.4 is 0 Å². The average molecular weight is 385 g/mol. The number of ether oxygens (including phenoxy) is 1. The van der Waals surface area contributed by atoms with E-state index in [-0.39, 0.29) is 17.4 Å². The van der Waals surface area contributed by atoms with Crippen LogP contribution in [-0.4, -0.2) is 66.9 Å². The van der Waals surface area contributed by atoms with E-state index in [1.54, 1.807) is 0 Å². The zero-order chi connectivity index (χ0) is 21.3. The van der Waals surface area contributed by atoms with Crippen molar-refractivity contribution in [3.05, 3.63) is 0 Å². The van der Waals surface area contributed by atoms with Crippen LogP contribution >= 0.6 is 0 Å². The second kappa shape index (κ2) is 11.8. The van der Waals surface area contributed by atoms with Crippen LogP contribution in [0.2, 0.25) is 0 Å². The van der Waals surface area contributed by atoms with Crippen molar-refractivity contribution < 1.29 is 14.3 Å². The molecule has 0 N–H and O–H groups in total. The van der Waals surface area contributed by atoms with Crippen molar-refractivity contribution in [2.24, 2.45) is 11.8 Å². The topological polar surface area (TPSA) is 49.9 Å². The molecule has 0 heterocycles. The largest absolute Gasteiger partial charge is 0.375 e. The molecule has 0 aliphatic heterocycles. The number of carbonyl (C=O) groups excluding carboxylic acids is 2. The standard InChI is InChI=1S/C22H44N2O3/c1-10-23(8)14-11-12-20(26)24(9)21(4,5)13-15-27-22(6,7)19(17-25)16-18(2)3/h17-19H,10-16H2,1-9H3. The van der Waals surface area contributed by atoms with Crippen LogP contribution in [-0.2, 0) is 14.3 Å². The van der Waals surface area contributed by atoms with E-state index in [9.17, 15) is 9.59 Å². The summed E-state index contributed by atoms with van der Waals surface area (Å²) < 4.78 is 6.10. The fraction of sp³-hybridized carbons (Fsp3) is 0.909. The third-order valence-corrected chi connectivity index (χ3v) is 5.72. The summed E-state index contributed by atoms with van der Waals surface area (Å²) in [6, 6.07) is 0.